The molecule has 27 heavy (non-hydrogen) atoms. The number of carbonyl (C=O) groups excluding carboxylic acids is 3. The van der Waals surface area contributed by atoms with Crippen LogP contribution in [-0.2, 0) is 9.59 Å². The summed E-state index contributed by atoms with van der Waals surface area (Å²) in [5, 5.41) is 0. The number of carbonyl (C=O) groups is 3. The van der Waals surface area contributed by atoms with Crippen molar-refractivity contribution in [1.82, 2.24) is 4.90 Å². The maximum atomic E-state index is 13.2. The van der Waals surface area contributed by atoms with E-state index in [4.69, 9.17) is 0 Å². The Hall–Kier alpha value is -2.17. The average molecular weight is 366 g/mol. The van der Waals surface area contributed by atoms with Crippen molar-refractivity contribution in [1.29, 1.82) is 0 Å². The number of hydrogen-bond donors (Lipinski definition) is 0. The highest BCUT2D eigenvalue weighted by molar-refractivity contribution is 6.24. The topological polar surface area (TPSA) is 57.7 Å². The van der Waals surface area contributed by atoms with E-state index in [1.807, 2.05) is 17.0 Å². The molecule has 2 heterocycles. The predicted molar refractivity (Wildman–Crippen MR) is 101 cm³/mol. The summed E-state index contributed by atoms with van der Waals surface area (Å²) in [4.78, 5) is 42.8. The van der Waals surface area contributed by atoms with Crippen LogP contribution < -0.4 is 4.90 Å². The third kappa shape index (κ3) is 2.54. The second-order valence-corrected chi connectivity index (χ2v) is 8.62. The van der Waals surface area contributed by atoms with Gasteiger partial charge in [-0.05, 0) is 56.1 Å². The zero-order chi connectivity index (χ0) is 18.5. The van der Waals surface area contributed by atoms with Crippen LogP contribution in [0.3, 0.4) is 0 Å². The van der Waals surface area contributed by atoms with Gasteiger partial charge >= 0.3 is 0 Å². The Morgan fingerprint density at radius 3 is 2.07 bits per heavy atom. The molecule has 0 N–H and O–H groups in total. The molecule has 0 unspecified atom stereocenters. The van der Waals surface area contributed by atoms with E-state index >= 15 is 0 Å². The third-order valence-corrected chi connectivity index (χ3v) is 7.20. The fourth-order valence-corrected chi connectivity index (χ4v) is 5.94. The van der Waals surface area contributed by atoms with Crippen molar-refractivity contribution < 1.29 is 14.4 Å². The number of anilines is 1. The Labute approximate surface area is 159 Å². The predicted octanol–water partition coefficient (Wildman–Crippen LogP) is 3.24. The van der Waals surface area contributed by atoms with Gasteiger partial charge in [0.05, 0.1) is 23.1 Å². The molecule has 142 valence electrons. The van der Waals surface area contributed by atoms with Crippen molar-refractivity contribution in [3.05, 3.63) is 29.8 Å². The summed E-state index contributed by atoms with van der Waals surface area (Å²) in [6, 6.07) is 7.18. The van der Waals surface area contributed by atoms with E-state index in [0.29, 0.717) is 23.1 Å². The van der Waals surface area contributed by atoms with Gasteiger partial charge in [-0.25, -0.2) is 4.90 Å². The summed E-state index contributed by atoms with van der Waals surface area (Å²) in [6.45, 7) is 1.51. The number of imide groups is 1. The number of amides is 3. The van der Waals surface area contributed by atoms with E-state index in [0.717, 1.165) is 58.0 Å². The number of benzene rings is 1. The van der Waals surface area contributed by atoms with Crippen LogP contribution in [0.15, 0.2) is 24.3 Å². The van der Waals surface area contributed by atoms with Gasteiger partial charge in [0.2, 0.25) is 11.8 Å². The van der Waals surface area contributed by atoms with E-state index in [2.05, 4.69) is 0 Å². The molecule has 0 spiro atoms. The number of hydrogen-bond acceptors (Lipinski definition) is 3. The molecule has 1 aromatic rings. The lowest BCUT2D eigenvalue weighted by Crippen LogP contribution is -2.37. The van der Waals surface area contributed by atoms with Crippen molar-refractivity contribution >= 4 is 23.4 Å². The van der Waals surface area contributed by atoms with Crippen LogP contribution in [0.4, 0.5) is 5.69 Å². The molecule has 2 saturated carbocycles. The summed E-state index contributed by atoms with van der Waals surface area (Å²) < 4.78 is 0. The van der Waals surface area contributed by atoms with Crippen LogP contribution in [0.2, 0.25) is 0 Å². The van der Waals surface area contributed by atoms with Gasteiger partial charge in [-0.3, -0.25) is 14.4 Å². The number of nitrogens with zero attached hydrogens (tertiary/aromatic N) is 2. The van der Waals surface area contributed by atoms with Crippen molar-refractivity contribution in [3.8, 4) is 0 Å². The van der Waals surface area contributed by atoms with Crippen LogP contribution in [0.25, 0.3) is 0 Å². The molecule has 0 aromatic heterocycles. The second-order valence-electron chi connectivity index (χ2n) is 8.62. The summed E-state index contributed by atoms with van der Waals surface area (Å²) in [6.07, 6.45) is 7.49. The summed E-state index contributed by atoms with van der Waals surface area (Å²) in [5.41, 5.74) is 0.990. The number of para-hydroxylation sites is 1. The number of likely N-dealkylation sites (tertiary alicyclic amines) is 1. The average Bonchev–Trinajstić information content (AvgIpc) is 3.28. The van der Waals surface area contributed by atoms with Crippen molar-refractivity contribution in [2.75, 3.05) is 18.0 Å². The molecule has 3 amide bonds. The standard InChI is InChI=1S/C22H26N2O3/c25-20(23-11-5-1-2-6-12-23)16-7-3-4-8-17(16)24-21(26)18-14-9-10-15(13-14)19(18)22(24)27/h3-4,7-8,14-15,18-19H,1-2,5-6,9-13H2/t14-,15-,18-,19-/m0/s1. The zero-order valence-corrected chi connectivity index (χ0v) is 15.6. The Morgan fingerprint density at radius 1 is 0.852 bits per heavy atom. The van der Waals surface area contributed by atoms with Gasteiger partial charge in [-0.2, -0.15) is 0 Å². The first-order valence-corrected chi connectivity index (χ1v) is 10.4. The minimum Gasteiger partial charge on any atom is -0.339 e. The van der Waals surface area contributed by atoms with Crippen LogP contribution >= 0.6 is 0 Å². The van der Waals surface area contributed by atoms with Crippen LogP contribution in [0, 0.1) is 23.7 Å². The van der Waals surface area contributed by atoms with Gasteiger partial charge in [-0.1, -0.05) is 25.0 Å². The van der Waals surface area contributed by atoms with E-state index in [1.54, 1.807) is 12.1 Å². The molecule has 2 bridgehead atoms. The summed E-state index contributed by atoms with van der Waals surface area (Å²) in [5.74, 6) is 0.204. The quantitative estimate of drug-likeness (QED) is 0.755. The molecule has 4 atom stereocenters. The molecule has 5 nitrogen and oxygen atoms in total. The summed E-state index contributed by atoms with van der Waals surface area (Å²) in [7, 11) is 0. The molecule has 4 fully saturated rings. The van der Waals surface area contributed by atoms with Gasteiger partial charge in [0.1, 0.15) is 0 Å². The lowest BCUT2D eigenvalue weighted by atomic mass is 9.81. The fourth-order valence-electron chi connectivity index (χ4n) is 5.94. The maximum absolute atomic E-state index is 13.2. The molecule has 2 aliphatic carbocycles. The van der Waals surface area contributed by atoms with E-state index in [1.165, 1.54) is 4.90 Å². The van der Waals surface area contributed by atoms with Crippen molar-refractivity contribution in [3.63, 3.8) is 0 Å². The Kier molecular flexibility index (Phi) is 4.06. The van der Waals surface area contributed by atoms with Gasteiger partial charge in [0.25, 0.3) is 5.91 Å². The third-order valence-electron chi connectivity index (χ3n) is 7.20. The molecular weight excluding hydrogens is 340 g/mol. The molecule has 5 heteroatoms. The van der Waals surface area contributed by atoms with E-state index in [9.17, 15) is 14.4 Å². The minimum atomic E-state index is -0.155. The van der Waals surface area contributed by atoms with Crippen LogP contribution in [0.5, 0.6) is 0 Å². The Morgan fingerprint density at radius 2 is 1.44 bits per heavy atom. The first-order valence-electron chi connectivity index (χ1n) is 10.4. The van der Waals surface area contributed by atoms with Crippen LogP contribution in [-0.4, -0.2) is 35.7 Å². The fraction of sp³-hybridized carbons (Fsp3) is 0.591. The monoisotopic (exact) mass is 366 g/mol. The number of fused-ring (bicyclic) bond motifs is 5. The Bertz CT molecular complexity index is 769. The lowest BCUT2D eigenvalue weighted by molar-refractivity contribution is -0.123. The molecular formula is C22H26N2O3. The van der Waals surface area contributed by atoms with Crippen molar-refractivity contribution in [2.24, 2.45) is 23.7 Å². The first-order chi connectivity index (χ1) is 13.2. The Balaban J connectivity index is 1.48. The molecule has 5 rings (SSSR count). The highest BCUT2D eigenvalue weighted by Crippen LogP contribution is 2.56. The molecule has 2 aliphatic heterocycles. The largest absolute Gasteiger partial charge is 0.339 e. The second kappa shape index (κ2) is 6.47. The van der Waals surface area contributed by atoms with Gasteiger partial charge in [0, 0.05) is 13.1 Å². The van der Waals surface area contributed by atoms with E-state index < -0.39 is 0 Å². The van der Waals surface area contributed by atoms with Crippen molar-refractivity contribution in [2.45, 2.75) is 44.9 Å². The zero-order valence-electron chi connectivity index (χ0n) is 15.6. The SMILES string of the molecule is O=C(c1ccccc1N1C(=O)[C@H]2[C@H]3CC[C@@H](C3)[C@@H]2C1=O)N1CCCCCC1. The highest BCUT2D eigenvalue weighted by Gasteiger charge is 2.61. The highest BCUT2D eigenvalue weighted by atomic mass is 16.2. The molecule has 2 saturated heterocycles. The summed E-state index contributed by atoms with van der Waals surface area (Å²) >= 11 is 0. The minimum absolute atomic E-state index is 0.0480. The maximum Gasteiger partial charge on any atom is 0.255 e. The first kappa shape index (κ1) is 17.0. The van der Waals surface area contributed by atoms with E-state index in [-0.39, 0.29) is 29.6 Å². The van der Waals surface area contributed by atoms with Gasteiger partial charge in [-0.15, -0.1) is 0 Å². The molecule has 0 radical (unpaired) electrons. The van der Waals surface area contributed by atoms with Crippen LogP contribution in [0.1, 0.15) is 55.3 Å². The lowest BCUT2D eigenvalue weighted by Gasteiger charge is -2.24. The van der Waals surface area contributed by atoms with Gasteiger partial charge in [0.15, 0.2) is 0 Å². The normalized spacial score (nSPS) is 32.7. The number of rotatable bonds is 2. The molecule has 4 aliphatic rings. The smallest absolute Gasteiger partial charge is 0.255 e. The molecule has 1 aromatic carbocycles. The van der Waals surface area contributed by atoms with Gasteiger partial charge < -0.3 is 4.90 Å².